The molecule has 1 aromatic carbocycles. The maximum atomic E-state index is 11.9. The molecular weight excluding hydrogens is 316 g/mol. The van der Waals surface area contributed by atoms with E-state index in [-0.39, 0.29) is 17.7 Å². The molecule has 0 saturated heterocycles. The van der Waals surface area contributed by atoms with E-state index in [1.807, 2.05) is 30.3 Å². The lowest BCUT2D eigenvalue weighted by molar-refractivity contribution is -0.134. The molecule has 0 saturated carbocycles. The van der Waals surface area contributed by atoms with Crippen LogP contribution in [0.3, 0.4) is 0 Å². The summed E-state index contributed by atoms with van der Waals surface area (Å²) >= 11 is 0. The van der Waals surface area contributed by atoms with E-state index >= 15 is 0 Å². The molecule has 5 heteroatoms. The topological polar surface area (TPSA) is 78.4 Å². The smallest absolute Gasteiger partial charge is 0.246 e. The average Bonchev–Trinajstić information content (AvgIpc) is 2.63. The Morgan fingerprint density at radius 1 is 0.960 bits per heavy atom. The molecule has 0 aliphatic heterocycles. The summed E-state index contributed by atoms with van der Waals surface area (Å²) in [7, 11) is 0. The van der Waals surface area contributed by atoms with Gasteiger partial charge < -0.3 is 5.32 Å². The van der Waals surface area contributed by atoms with Gasteiger partial charge in [-0.05, 0) is 31.4 Å². The van der Waals surface area contributed by atoms with Crippen molar-refractivity contribution in [2.45, 2.75) is 71.1 Å². The van der Waals surface area contributed by atoms with E-state index in [0.717, 1.165) is 50.6 Å². The lowest BCUT2D eigenvalue weighted by Gasteiger charge is -2.14. The van der Waals surface area contributed by atoms with Crippen LogP contribution in [0.5, 0.6) is 0 Å². The summed E-state index contributed by atoms with van der Waals surface area (Å²) in [5.74, 6) is -0.381. The molecule has 1 atom stereocenters. The molecule has 0 unspecified atom stereocenters. The fourth-order valence-corrected chi connectivity index (χ4v) is 2.91. The van der Waals surface area contributed by atoms with Gasteiger partial charge in [-0.25, -0.2) is 5.48 Å². The van der Waals surface area contributed by atoms with Gasteiger partial charge in [-0.2, -0.15) is 0 Å². The molecule has 0 aliphatic carbocycles. The number of amides is 2. The van der Waals surface area contributed by atoms with Gasteiger partial charge in [0, 0.05) is 18.0 Å². The summed E-state index contributed by atoms with van der Waals surface area (Å²) in [6, 6.07) is 9.44. The predicted octanol–water partition coefficient (Wildman–Crippen LogP) is 4.67. The van der Waals surface area contributed by atoms with Gasteiger partial charge in [0.2, 0.25) is 11.8 Å². The first kappa shape index (κ1) is 21.2. The Balaban J connectivity index is 2.17. The Morgan fingerprint density at radius 2 is 1.60 bits per heavy atom. The van der Waals surface area contributed by atoms with Crippen molar-refractivity contribution in [2.24, 2.45) is 5.92 Å². The van der Waals surface area contributed by atoms with Gasteiger partial charge in [-0.15, -0.1) is 0 Å². The maximum absolute atomic E-state index is 11.9. The molecule has 1 rings (SSSR count). The molecule has 0 aromatic heterocycles. The first-order valence-electron chi connectivity index (χ1n) is 9.46. The SMILES string of the molecule is CCCCCC[C@H](CCCCCC(=O)Nc1ccccc1)C(=O)NO. The number of nitrogens with one attached hydrogen (secondary N) is 2. The van der Waals surface area contributed by atoms with E-state index in [1.165, 1.54) is 12.8 Å². The van der Waals surface area contributed by atoms with Crippen molar-refractivity contribution in [2.75, 3.05) is 5.32 Å². The summed E-state index contributed by atoms with van der Waals surface area (Å²) in [4.78, 5) is 23.6. The molecule has 1 aromatic rings. The maximum Gasteiger partial charge on any atom is 0.246 e. The standard InChI is InChI=1S/C20H32N2O3/c1-2-3-4-7-12-17(20(24)22-25)13-8-5-11-16-19(23)21-18-14-9-6-10-15-18/h6,9-10,14-15,17,25H,2-5,7-8,11-13,16H2,1H3,(H,21,23)(H,22,24)/t17-/m1/s1. The lowest BCUT2D eigenvalue weighted by atomic mass is 9.94. The highest BCUT2D eigenvalue weighted by molar-refractivity contribution is 5.90. The number of carbonyl (C=O) groups excluding carboxylic acids is 2. The first-order valence-corrected chi connectivity index (χ1v) is 9.46. The minimum absolute atomic E-state index is 0.0235. The number of benzene rings is 1. The summed E-state index contributed by atoms with van der Waals surface area (Å²) in [5.41, 5.74) is 2.61. The summed E-state index contributed by atoms with van der Waals surface area (Å²) < 4.78 is 0. The number of hydroxylamine groups is 1. The molecule has 0 bridgehead atoms. The zero-order valence-electron chi connectivity index (χ0n) is 15.3. The van der Waals surface area contributed by atoms with Crippen molar-refractivity contribution < 1.29 is 14.8 Å². The molecule has 2 amide bonds. The summed E-state index contributed by atoms with van der Waals surface area (Å²) in [6.45, 7) is 2.16. The quantitative estimate of drug-likeness (QED) is 0.275. The number of unbranched alkanes of at least 4 members (excludes halogenated alkanes) is 5. The largest absolute Gasteiger partial charge is 0.326 e. The van der Waals surface area contributed by atoms with Crippen LogP contribution in [0.15, 0.2) is 30.3 Å². The van der Waals surface area contributed by atoms with E-state index in [4.69, 9.17) is 5.21 Å². The van der Waals surface area contributed by atoms with E-state index in [2.05, 4.69) is 12.2 Å². The van der Waals surface area contributed by atoms with Crippen molar-refractivity contribution in [3.05, 3.63) is 30.3 Å². The van der Waals surface area contributed by atoms with Crippen LogP contribution >= 0.6 is 0 Å². The van der Waals surface area contributed by atoms with Crippen LogP contribution in [0.4, 0.5) is 5.69 Å². The first-order chi connectivity index (χ1) is 12.2. The predicted molar refractivity (Wildman–Crippen MR) is 100 cm³/mol. The number of para-hydroxylation sites is 1. The molecule has 0 fully saturated rings. The molecule has 5 nitrogen and oxygen atoms in total. The Bertz CT molecular complexity index is 491. The van der Waals surface area contributed by atoms with Gasteiger partial charge in [-0.3, -0.25) is 14.8 Å². The van der Waals surface area contributed by atoms with Crippen molar-refractivity contribution in [3.8, 4) is 0 Å². The fourth-order valence-electron chi connectivity index (χ4n) is 2.91. The molecule has 3 N–H and O–H groups in total. The Hall–Kier alpha value is -1.88. The zero-order valence-corrected chi connectivity index (χ0v) is 15.3. The normalized spacial score (nSPS) is 11.8. The molecule has 25 heavy (non-hydrogen) atoms. The highest BCUT2D eigenvalue weighted by Gasteiger charge is 2.17. The second kappa shape index (κ2) is 13.4. The molecule has 0 radical (unpaired) electrons. The van der Waals surface area contributed by atoms with Crippen LogP contribution < -0.4 is 10.8 Å². The highest BCUT2D eigenvalue weighted by Crippen LogP contribution is 2.19. The molecule has 140 valence electrons. The van der Waals surface area contributed by atoms with Crippen LogP contribution in [0.1, 0.15) is 71.1 Å². The van der Waals surface area contributed by atoms with Gasteiger partial charge in [0.1, 0.15) is 0 Å². The van der Waals surface area contributed by atoms with Crippen LogP contribution in [0.2, 0.25) is 0 Å². The zero-order chi connectivity index (χ0) is 18.3. The highest BCUT2D eigenvalue weighted by atomic mass is 16.5. The number of carbonyl (C=O) groups is 2. The minimum Gasteiger partial charge on any atom is -0.326 e. The molecule has 0 aliphatic rings. The number of rotatable bonds is 13. The van der Waals surface area contributed by atoms with E-state index in [0.29, 0.717) is 6.42 Å². The average molecular weight is 348 g/mol. The van der Waals surface area contributed by atoms with Crippen molar-refractivity contribution in [3.63, 3.8) is 0 Å². The molecular formula is C20H32N2O3. The van der Waals surface area contributed by atoms with Crippen LogP contribution in [-0.4, -0.2) is 17.0 Å². The Labute approximate surface area is 151 Å². The minimum atomic E-state index is -0.279. The second-order valence-electron chi connectivity index (χ2n) is 6.54. The van der Waals surface area contributed by atoms with Crippen LogP contribution in [0, 0.1) is 5.92 Å². The van der Waals surface area contributed by atoms with Crippen LogP contribution in [0.25, 0.3) is 0 Å². The molecule has 0 spiro atoms. The third-order valence-electron chi connectivity index (χ3n) is 4.40. The third kappa shape index (κ3) is 9.87. The monoisotopic (exact) mass is 348 g/mol. The Kier molecular flexibility index (Phi) is 11.4. The van der Waals surface area contributed by atoms with E-state index in [1.54, 1.807) is 5.48 Å². The second-order valence-corrected chi connectivity index (χ2v) is 6.54. The van der Waals surface area contributed by atoms with Gasteiger partial charge >= 0.3 is 0 Å². The lowest BCUT2D eigenvalue weighted by Crippen LogP contribution is -2.27. The third-order valence-corrected chi connectivity index (χ3v) is 4.40. The van der Waals surface area contributed by atoms with E-state index in [9.17, 15) is 9.59 Å². The fraction of sp³-hybridized carbons (Fsp3) is 0.600. The Morgan fingerprint density at radius 3 is 2.20 bits per heavy atom. The van der Waals surface area contributed by atoms with Gasteiger partial charge in [-0.1, -0.05) is 63.6 Å². The van der Waals surface area contributed by atoms with E-state index < -0.39 is 0 Å². The molecule has 0 heterocycles. The summed E-state index contributed by atoms with van der Waals surface area (Å²) in [6.07, 6.45) is 9.18. The van der Waals surface area contributed by atoms with Crippen molar-refractivity contribution in [1.82, 2.24) is 5.48 Å². The van der Waals surface area contributed by atoms with Crippen LogP contribution in [-0.2, 0) is 9.59 Å². The van der Waals surface area contributed by atoms with Gasteiger partial charge in [0.05, 0.1) is 0 Å². The van der Waals surface area contributed by atoms with Gasteiger partial charge in [0.25, 0.3) is 0 Å². The van der Waals surface area contributed by atoms with Crippen molar-refractivity contribution >= 4 is 17.5 Å². The number of hydrogen-bond donors (Lipinski definition) is 3. The van der Waals surface area contributed by atoms with Gasteiger partial charge in [0.15, 0.2) is 0 Å². The summed E-state index contributed by atoms with van der Waals surface area (Å²) in [5, 5.41) is 11.7. The number of anilines is 1. The van der Waals surface area contributed by atoms with Crippen molar-refractivity contribution in [1.29, 1.82) is 0 Å². The number of hydrogen-bond acceptors (Lipinski definition) is 3.